The number of nitrogens with one attached hydrogen (secondary N) is 1. The molecule has 0 aliphatic rings. The average Bonchev–Trinajstić information content (AvgIpc) is 3.35. The van der Waals surface area contributed by atoms with Crippen molar-refractivity contribution in [2.24, 2.45) is 0 Å². The van der Waals surface area contributed by atoms with Crippen LogP contribution in [0.1, 0.15) is 5.56 Å². The molecule has 0 bridgehead atoms. The van der Waals surface area contributed by atoms with Gasteiger partial charge in [0.25, 0.3) is 11.2 Å². The molecule has 37 heavy (non-hydrogen) atoms. The van der Waals surface area contributed by atoms with Crippen LogP contribution in [0.3, 0.4) is 0 Å². The number of hydrogen-bond acceptors (Lipinski definition) is 7. The van der Waals surface area contributed by atoms with E-state index in [4.69, 9.17) is 4.74 Å². The van der Waals surface area contributed by atoms with Crippen LogP contribution in [-0.2, 0) is 17.9 Å². The van der Waals surface area contributed by atoms with Gasteiger partial charge in [-0.25, -0.2) is 9.67 Å². The molecule has 0 spiro atoms. The third kappa shape index (κ3) is 5.05. The van der Waals surface area contributed by atoms with Crippen molar-refractivity contribution in [3.63, 3.8) is 0 Å². The number of anilines is 1. The van der Waals surface area contributed by atoms with E-state index in [1.807, 2.05) is 30.3 Å². The van der Waals surface area contributed by atoms with E-state index in [0.29, 0.717) is 18.0 Å². The minimum atomic E-state index is -0.531. The topological polar surface area (TPSA) is 134 Å². The molecule has 184 valence electrons. The zero-order valence-corrected chi connectivity index (χ0v) is 19.4. The molecular weight excluding hydrogens is 476 g/mol. The lowest BCUT2D eigenvalue weighted by Gasteiger charge is -2.09. The lowest BCUT2D eigenvalue weighted by atomic mass is 10.2. The Kier molecular flexibility index (Phi) is 6.41. The molecule has 0 radical (unpaired) electrons. The van der Waals surface area contributed by atoms with Crippen molar-refractivity contribution in [3.05, 3.63) is 117 Å². The van der Waals surface area contributed by atoms with Gasteiger partial charge in [0.1, 0.15) is 36.3 Å². The van der Waals surface area contributed by atoms with E-state index in [0.717, 1.165) is 10.1 Å². The summed E-state index contributed by atoms with van der Waals surface area (Å²) in [6.07, 6.45) is 2.50. The Morgan fingerprint density at radius 2 is 1.73 bits per heavy atom. The molecule has 0 atom stereocenters. The van der Waals surface area contributed by atoms with Crippen molar-refractivity contribution in [2.45, 2.75) is 13.2 Å². The van der Waals surface area contributed by atoms with Gasteiger partial charge < -0.3 is 10.1 Å². The number of aromatic nitrogens is 4. The molecule has 11 heteroatoms. The summed E-state index contributed by atoms with van der Waals surface area (Å²) in [6, 6.07) is 22.7. The van der Waals surface area contributed by atoms with Crippen LogP contribution in [0.4, 0.5) is 11.4 Å². The van der Waals surface area contributed by atoms with Crippen molar-refractivity contribution in [1.82, 2.24) is 19.3 Å². The molecule has 3 aromatic carbocycles. The average molecular weight is 496 g/mol. The lowest BCUT2D eigenvalue weighted by Crippen LogP contribution is -2.27. The van der Waals surface area contributed by atoms with Gasteiger partial charge in [-0.3, -0.25) is 24.3 Å². The van der Waals surface area contributed by atoms with Crippen molar-refractivity contribution < 1.29 is 14.5 Å². The Morgan fingerprint density at radius 1 is 1.00 bits per heavy atom. The van der Waals surface area contributed by atoms with Gasteiger partial charge >= 0.3 is 0 Å². The van der Waals surface area contributed by atoms with Crippen LogP contribution in [0.15, 0.2) is 96.2 Å². The summed E-state index contributed by atoms with van der Waals surface area (Å²) >= 11 is 0. The standard InChI is InChI=1S/C26H20N6O5/c33-24(29-19-10-12-20(13-11-19)37-16-18-6-2-1-3-7-18)15-30-17-27-25-21(26(30)34)14-28-31(25)22-8-4-5-9-23(22)32(35)36/h1-14,17H,15-16H2,(H,29,33). The third-order valence-corrected chi connectivity index (χ3v) is 5.56. The highest BCUT2D eigenvalue weighted by Crippen LogP contribution is 2.24. The Hall–Kier alpha value is -5.32. The first kappa shape index (κ1) is 23.4. The first-order valence-corrected chi connectivity index (χ1v) is 11.2. The summed E-state index contributed by atoms with van der Waals surface area (Å²) in [6.45, 7) is 0.157. The van der Waals surface area contributed by atoms with E-state index in [2.05, 4.69) is 15.4 Å². The number of nitrogens with zero attached hydrogens (tertiary/aromatic N) is 5. The highest BCUT2D eigenvalue weighted by atomic mass is 16.6. The smallest absolute Gasteiger partial charge is 0.294 e. The van der Waals surface area contributed by atoms with E-state index in [1.165, 1.54) is 35.4 Å². The number of fused-ring (bicyclic) bond motifs is 1. The van der Waals surface area contributed by atoms with Crippen LogP contribution in [0, 0.1) is 10.1 Å². The Balaban J connectivity index is 1.27. The summed E-state index contributed by atoms with van der Waals surface area (Å²) in [5.74, 6) is 0.232. The number of hydrogen-bond donors (Lipinski definition) is 1. The summed E-state index contributed by atoms with van der Waals surface area (Å²) in [7, 11) is 0. The number of amides is 1. The molecule has 0 saturated heterocycles. The van der Waals surface area contributed by atoms with Crippen molar-refractivity contribution >= 4 is 28.3 Å². The number of nitro groups is 1. The first-order valence-electron chi connectivity index (χ1n) is 11.2. The predicted octanol–water partition coefficient (Wildman–Crippen LogP) is 3.71. The molecule has 0 unspecified atom stereocenters. The van der Waals surface area contributed by atoms with Crippen molar-refractivity contribution in [3.8, 4) is 11.4 Å². The number of carbonyl (C=O) groups excluding carboxylic acids is 1. The Labute approximate surface area is 209 Å². The molecular formula is C26H20N6O5. The third-order valence-electron chi connectivity index (χ3n) is 5.56. The highest BCUT2D eigenvalue weighted by molar-refractivity contribution is 5.90. The van der Waals surface area contributed by atoms with Crippen LogP contribution in [0.25, 0.3) is 16.7 Å². The minimum Gasteiger partial charge on any atom is -0.489 e. The summed E-state index contributed by atoms with van der Waals surface area (Å²) in [5, 5.41) is 18.4. The van der Waals surface area contributed by atoms with Gasteiger partial charge in [-0.2, -0.15) is 5.10 Å². The largest absolute Gasteiger partial charge is 0.489 e. The van der Waals surface area contributed by atoms with E-state index in [-0.39, 0.29) is 29.0 Å². The molecule has 1 amide bonds. The SMILES string of the molecule is O=C(Cn1cnc2c(cnn2-c2ccccc2[N+](=O)[O-])c1=O)Nc1ccc(OCc2ccccc2)cc1. The second-order valence-corrected chi connectivity index (χ2v) is 8.06. The summed E-state index contributed by atoms with van der Waals surface area (Å²) in [4.78, 5) is 40.6. The fourth-order valence-corrected chi connectivity index (χ4v) is 3.77. The minimum absolute atomic E-state index is 0.133. The number of rotatable bonds is 8. The van der Waals surface area contributed by atoms with Gasteiger partial charge in [0, 0.05) is 11.8 Å². The van der Waals surface area contributed by atoms with Crippen LogP contribution >= 0.6 is 0 Å². The molecule has 0 aliphatic heterocycles. The zero-order chi connectivity index (χ0) is 25.8. The van der Waals surface area contributed by atoms with Crippen LogP contribution < -0.4 is 15.6 Å². The molecule has 2 heterocycles. The first-order chi connectivity index (χ1) is 18.0. The van der Waals surface area contributed by atoms with Gasteiger partial charge in [-0.15, -0.1) is 0 Å². The number of ether oxygens (including phenoxy) is 1. The number of benzene rings is 3. The maximum Gasteiger partial charge on any atom is 0.294 e. The zero-order valence-electron chi connectivity index (χ0n) is 19.4. The second-order valence-electron chi connectivity index (χ2n) is 8.06. The maximum absolute atomic E-state index is 13.0. The van der Waals surface area contributed by atoms with E-state index in [1.54, 1.807) is 30.3 Å². The normalized spacial score (nSPS) is 10.8. The van der Waals surface area contributed by atoms with Crippen molar-refractivity contribution in [1.29, 1.82) is 0 Å². The quantitative estimate of drug-likeness (QED) is 0.256. The summed E-state index contributed by atoms with van der Waals surface area (Å²) < 4.78 is 8.14. The number of para-hydroxylation sites is 2. The highest BCUT2D eigenvalue weighted by Gasteiger charge is 2.19. The van der Waals surface area contributed by atoms with Gasteiger partial charge in [-0.1, -0.05) is 42.5 Å². The maximum atomic E-state index is 13.0. The number of nitro benzene ring substituents is 1. The van der Waals surface area contributed by atoms with Crippen LogP contribution in [0.2, 0.25) is 0 Å². The fraction of sp³-hybridized carbons (Fsp3) is 0.0769. The van der Waals surface area contributed by atoms with Gasteiger partial charge in [0.15, 0.2) is 5.65 Å². The van der Waals surface area contributed by atoms with E-state index < -0.39 is 16.4 Å². The Morgan fingerprint density at radius 3 is 2.49 bits per heavy atom. The molecule has 1 N–H and O–H groups in total. The molecule has 11 nitrogen and oxygen atoms in total. The summed E-state index contributed by atoms with van der Waals surface area (Å²) in [5.41, 5.74) is 1.26. The molecule has 0 saturated carbocycles. The number of carbonyl (C=O) groups is 1. The van der Waals surface area contributed by atoms with Gasteiger partial charge in [0.05, 0.1) is 11.1 Å². The van der Waals surface area contributed by atoms with Crippen molar-refractivity contribution in [2.75, 3.05) is 5.32 Å². The molecule has 2 aromatic heterocycles. The van der Waals surface area contributed by atoms with Crippen LogP contribution in [0.5, 0.6) is 5.75 Å². The monoisotopic (exact) mass is 496 g/mol. The lowest BCUT2D eigenvalue weighted by molar-refractivity contribution is -0.384. The van der Waals surface area contributed by atoms with Gasteiger partial charge in [0.2, 0.25) is 5.91 Å². The molecule has 0 aliphatic carbocycles. The Bertz CT molecular complexity index is 1640. The van der Waals surface area contributed by atoms with Crippen LogP contribution in [-0.4, -0.2) is 30.2 Å². The van der Waals surface area contributed by atoms with E-state index >= 15 is 0 Å². The second kappa shape index (κ2) is 10.1. The van der Waals surface area contributed by atoms with E-state index in [9.17, 15) is 19.7 Å². The molecule has 5 aromatic rings. The fourth-order valence-electron chi connectivity index (χ4n) is 3.77. The molecule has 5 rings (SSSR count). The molecule has 0 fully saturated rings. The predicted molar refractivity (Wildman–Crippen MR) is 136 cm³/mol. The van der Waals surface area contributed by atoms with Gasteiger partial charge in [-0.05, 0) is 35.9 Å².